The summed E-state index contributed by atoms with van der Waals surface area (Å²) < 4.78 is 34.0. The molecule has 26 heavy (non-hydrogen) atoms. The highest BCUT2D eigenvalue weighted by molar-refractivity contribution is 5.74. The van der Waals surface area contributed by atoms with Gasteiger partial charge in [0.15, 0.2) is 17.9 Å². The zero-order valence-electron chi connectivity index (χ0n) is 13.4. The zero-order valence-corrected chi connectivity index (χ0v) is 13.4. The fourth-order valence-corrected chi connectivity index (χ4v) is 3.23. The van der Waals surface area contributed by atoms with Crippen molar-refractivity contribution >= 4 is 11.0 Å². The van der Waals surface area contributed by atoms with Crippen LogP contribution in [0.2, 0.25) is 0 Å². The van der Waals surface area contributed by atoms with Crippen LogP contribution in [0.5, 0.6) is 0 Å². The molecule has 3 heterocycles. The summed E-state index contributed by atoms with van der Waals surface area (Å²) in [7, 11) is 0. The zero-order chi connectivity index (χ0) is 18.4. The van der Waals surface area contributed by atoms with Crippen LogP contribution in [-0.4, -0.2) is 43.1 Å². The molecule has 1 aromatic carbocycles. The van der Waals surface area contributed by atoms with E-state index in [2.05, 4.69) is 9.97 Å². The number of benzene rings is 1. The van der Waals surface area contributed by atoms with Crippen LogP contribution in [0, 0.1) is 11.6 Å². The van der Waals surface area contributed by atoms with Crippen LogP contribution in [0.3, 0.4) is 0 Å². The predicted octanol–water partition coefficient (Wildman–Crippen LogP) is 1.03. The highest BCUT2D eigenvalue weighted by atomic mass is 19.2. The number of halogens is 2. The molecule has 1 aliphatic heterocycles. The minimum atomic E-state index is -1.32. The smallest absolute Gasteiger partial charge is 0.164 e. The van der Waals surface area contributed by atoms with Gasteiger partial charge < -0.3 is 25.3 Å². The minimum absolute atomic E-state index is 0.250. The molecule has 0 amide bonds. The van der Waals surface area contributed by atoms with E-state index in [4.69, 9.17) is 10.5 Å². The number of hydrogen-bond donors (Lipinski definition) is 3. The van der Waals surface area contributed by atoms with Crippen LogP contribution in [0.1, 0.15) is 17.8 Å². The number of fused-ring (bicyclic) bond motifs is 1. The van der Waals surface area contributed by atoms with Crippen molar-refractivity contribution in [1.29, 1.82) is 0 Å². The van der Waals surface area contributed by atoms with Crippen molar-refractivity contribution in [3.8, 4) is 0 Å². The second-order valence-corrected chi connectivity index (χ2v) is 6.20. The first-order valence-corrected chi connectivity index (χ1v) is 7.96. The standard InChI is InChI=1S/C17H16F2N4O3/c18-10-2-1-8(5-11(10)19)12(20)15-13(24)14(25)17(26-15)23-4-3-9-6-21-7-22-16(9)23/h1-7,12-15,17,24-25H,20H2/t12-,13+,14-,15-,17-/m1/s1. The second-order valence-electron chi connectivity index (χ2n) is 6.20. The van der Waals surface area contributed by atoms with Gasteiger partial charge in [-0.25, -0.2) is 18.7 Å². The van der Waals surface area contributed by atoms with Gasteiger partial charge >= 0.3 is 0 Å². The van der Waals surface area contributed by atoms with Crippen LogP contribution >= 0.6 is 0 Å². The SMILES string of the molecule is N[C@H](c1ccc(F)c(F)c1)[C@H]1O[C@@H](n2ccc3cncnc32)[C@H](O)[C@@H]1O. The molecular weight excluding hydrogens is 346 g/mol. The van der Waals surface area contributed by atoms with E-state index in [1.54, 1.807) is 23.0 Å². The Bertz CT molecular complexity index is 951. The lowest BCUT2D eigenvalue weighted by atomic mass is 9.97. The summed E-state index contributed by atoms with van der Waals surface area (Å²) in [4.78, 5) is 8.07. The average Bonchev–Trinajstić information content (AvgIpc) is 3.19. The molecule has 9 heteroatoms. The number of nitrogens with two attached hydrogens (primary N) is 1. The highest BCUT2D eigenvalue weighted by Crippen LogP contribution is 2.36. The maximum Gasteiger partial charge on any atom is 0.164 e. The Morgan fingerprint density at radius 3 is 2.73 bits per heavy atom. The van der Waals surface area contributed by atoms with E-state index in [0.29, 0.717) is 5.65 Å². The molecule has 5 atom stereocenters. The summed E-state index contributed by atoms with van der Waals surface area (Å²) in [5.74, 6) is -2.04. The first-order valence-electron chi connectivity index (χ1n) is 7.96. The van der Waals surface area contributed by atoms with Gasteiger partial charge in [-0.3, -0.25) is 0 Å². The lowest BCUT2D eigenvalue weighted by molar-refractivity contribution is -0.0422. The van der Waals surface area contributed by atoms with Crippen molar-refractivity contribution in [3.63, 3.8) is 0 Å². The lowest BCUT2D eigenvalue weighted by Gasteiger charge is -2.22. The van der Waals surface area contributed by atoms with Gasteiger partial charge in [0.05, 0.1) is 6.04 Å². The van der Waals surface area contributed by atoms with Crippen molar-refractivity contribution < 1.29 is 23.7 Å². The van der Waals surface area contributed by atoms with Crippen molar-refractivity contribution in [1.82, 2.24) is 14.5 Å². The molecule has 4 rings (SSSR count). The lowest BCUT2D eigenvalue weighted by Crippen LogP contribution is -2.38. The Morgan fingerprint density at radius 2 is 1.96 bits per heavy atom. The van der Waals surface area contributed by atoms with E-state index >= 15 is 0 Å². The van der Waals surface area contributed by atoms with Crippen molar-refractivity contribution in [3.05, 3.63) is 60.2 Å². The van der Waals surface area contributed by atoms with Crippen LogP contribution in [0.4, 0.5) is 8.78 Å². The molecule has 0 spiro atoms. The Hall–Kier alpha value is -2.46. The maximum atomic E-state index is 13.5. The van der Waals surface area contributed by atoms with Gasteiger partial charge in [-0.15, -0.1) is 0 Å². The van der Waals surface area contributed by atoms with Crippen molar-refractivity contribution in [2.45, 2.75) is 30.6 Å². The third-order valence-electron chi connectivity index (χ3n) is 4.61. The number of rotatable bonds is 3. The molecule has 0 unspecified atom stereocenters. The van der Waals surface area contributed by atoms with E-state index in [1.807, 2.05) is 0 Å². The van der Waals surface area contributed by atoms with E-state index < -0.39 is 42.2 Å². The Kier molecular flexibility index (Phi) is 4.16. The van der Waals surface area contributed by atoms with E-state index in [-0.39, 0.29) is 5.56 Å². The summed E-state index contributed by atoms with van der Waals surface area (Å²) in [5, 5.41) is 21.6. The van der Waals surface area contributed by atoms with Crippen molar-refractivity contribution in [2.75, 3.05) is 0 Å². The summed E-state index contributed by atoms with van der Waals surface area (Å²) >= 11 is 0. The summed E-state index contributed by atoms with van der Waals surface area (Å²) in [5.41, 5.74) is 6.86. The second kappa shape index (κ2) is 6.36. The molecule has 0 saturated carbocycles. The highest BCUT2D eigenvalue weighted by Gasteiger charge is 2.47. The maximum absolute atomic E-state index is 13.5. The fourth-order valence-electron chi connectivity index (χ4n) is 3.23. The molecule has 136 valence electrons. The molecule has 1 saturated heterocycles. The van der Waals surface area contributed by atoms with Gasteiger partial charge in [0.2, 0.25) is 0 Å². The van der Waals surface area contributed by atoms with Crippen molar-refractivity contribution in [2.24, 2.45) is 5.73 Å². The van der Waals surface area contributed by atoms with Gasteiger partial charge in [-0.2, -0.15) is 0 Å². The van der Waals surface area contributed by atoms with Gasteiger partial charge in [-0.1, -0.05) is 6.07 Å². The van der Waals surface area contributed by atoms with E-state index in [1.165, 1.54) is 12.4 Å². The normalized spacial score (nSPS) is 27.1. The predicted molar refractivity (Wildman–Crippen MR) is 86.7 cm³/mol. The third-order valence-corrected chi connectivity index (χ3v) is 4.61. The van der Waals surface area contributed by atoms with Gasteiger partial charge in [0, 0.05) is 17.8 Å². The molecule has 0 radical (unpaired) electrons. The van der Waals surface area contributed by atoms with Gasteiger partial charge in [-0.05, 0) is 23.8 Å². The molecular formula is C17H16F2N4O3. The number of nitrogens with zero attached hydrogens (tertiary/aromatic N) is 3. The Morgan fingerprint density at radius 1 is 1.15 bits per heavy atom. The molecule has 0 bridgehead atoms. The first kappa shape index (κ1) is 17.0. The Balaban J connectivity index is 1.64. The largest absolute Gasteiger partial charge is 0.387 e. The van der Waals surface area contributed by atoms with E-state index in [9.17, 15) is 19.0 Å². The van der Waals surface area contributed by atoms with Crippen LogP contribution in [0.25, 0.3) is 11.0 Å². The molecule has 0 aliphatic carbocycles. The van der Waals surface area contributed by atoms with Gasteiger partial charge in [0.25, 0.3) is 0 Å². The van der Waals surface area contributed by atoms with Crippen LogP contribution in [-0.2, 0) is 4.74 Å². The molecule has 7 nitrogen and oxygen atoms in total. The minimum Gasteiger partial charge on any atom is -0.387 e. The Labute approximate surface area is 146 Å². The van der Waals surface area contributed by atoms with E-state index in [0.717, 1.165) is 17.5 Å². The molecule has 1 aliphatic rings. The monoisotopic (exact) mass is 362 g/mol. The van der Waals surface area contributed by atoms with Crippen LogP contribution in [0.15, 0.2) is 43.0 Å². The summed E-state index contributed by atoms with van der Waals surface area (Å²) in [6.07, 6.45) is 0.0929. The van der Waals surface area contributed by atoms with Gasteiger partial charge in [0.1, 0.15) is 30.3 Å². The number of aromatic nitrogens is 3. The number of aliphatic hydroxyl groups is 2. The number of aliphatic hydroxyl groups excluding tert-OH is 2. The summed E-state index contributed by atoms with van der Waals surface area (Å²) in [6.45, 7) is 0. The first-order chi connectivity index (χ1) is 12.5. The fraction of sp³-hybridized carbons (Fsp3) is 0.294. The molecule has 4 N–H and O–H groups in total. The topological polar surface area (TPSA) is 106 Å². The average molecular weight is 362 g/mol. The number of hydrogen-bond acceptors (Lipinski definition) is 6. The molecule has 3 aromatic rings. The molecule has 2 aromatic heterocycles. The third kappa shape index (κ3) is 2.65. The van der Waals surface area contributed by atoms with Crippen LogP contribution < -0.4 is 5.73 Å². The number of ether oxygens (including phenoxy) is 1. The quantitative estimate of drug-likeness (QED) is 0.643. The summed E-state index contributed by atoms with van der Waals surface area (Å²) in [6, 6.07) is 4.01. The molecule has 1 fully saturated rings.